The number of nitrogens with one attached hydrogen (secondary N) is 2. The summed E-state index contributed by atoms with van der Waals surface area (Å²) < 4.78 is 0. The Hall–Kier alpha value is -1.19. The lowest BCUT2D eigenvalue weighted by atomic mass is 10.1. The number of rotatable bonds is 9. The molecular weight excluding hydrogens is 481 g/mol. The largest absolute Gasteiger partial charge is 0.356 e. The van der Waals surface area contributed by atoms with Gasteiger partial charge in [0.1, 0.15) is 0 Å². The first-order chi connectivity index (χ1) is 13.0. The van der Waals surface area contributed by atoms with E-state index in [4.69, 9.17) is 0 Å². The van der Waals surface area contributed by atoms with Gasteiger partial charge in [0, 0.05) is 44.0 Å². The van der Waals surface area contributed by atoms with Gasteiger partial charge in [-0.25, -0.2) is 4.98 Å². The molecule has 2 rings (SSSR count). The molecule has 28 heavy (non-hydrogen) atoms. The van der Waals surface area contributed by atoms with Gasteiger partial charge in [0.25, 0.3) is 0 Å². The van der Waals surface area contributed by atoms with Crippen molar-refractivity contribution >= 4 is 41.3 Å². The molecule has 0 bridgehead atoms. The molecule has 1 aromatic heterocycles. The predicted molar refractivity (Wildman–Crippen MR) is 132 cm³/mol. The van der Waals surface area contributed by atoms with Gasteiger partial charge in [0.15, 0.2) is 5.96 Å². The molecule has 1 unspecified atom stereocenters. The van der Waals surface area contributed by atoms with E-state index in [1.807, 2.05) is 7.05 Å². The van der Waals surface area contributed by atoms with Crippen molar-refractivity contribution in [1.29, 1.82) is 0 Å². The van der Waals surface area contributed by atoms with Crippen LogP contribution in [0.3, 0.4) is 0 Å². The smallest absolute Gasteiger partial charge is 0.190 e. The van der Waals surface area contributed by atoms with Crippen LogP contribution in [0.2, 0.25) is 0 Å². The van der Waals surface area contributed by atoms with E-state index in [2.05, 4.69) is 83.7 Å². The maximum absolute atomic E-state index is 4.58. The minimum Gasteiger partial charge on any atom is -0.356 e. The number of aryl methyl sites for hydroxylation is 2. The molecule has 7 heteroatoms. The lowest BCUT2D eigenvalue weighted by Gasteiger charge is -2.25. The monoisotopic (exact) mass is 515 g/mol. The molecule has 0 saturated heterocycles. The Bertz CT molecular complexity index is 697. The highest BCUT2D eigenvalue weighted by Crippen LogP contribution is 2.16. The Morgan fingerprint density at radius 1 is 1.18 bits per heavy atom. The van der Waals surface area contributed by atoms with Crippen LogP contribution in [0.25, 0.3) is 0 Å². The molecule has 0 radical (unpaired) electrons. The molecule has 0 saturated carbocycles. The summed E-state index contributed by atoms with van der Waals surface area (Å²) in [7, 11) is 4.00. The zero-order valence-electron chi connectivity index (χ0n) is 17.7. The van der Waals surface area contributed by atoms with E-state index in [1.54, 1.807) is 11.3 Å². The zero-order chi connectivity index (χ0) is 19.6. The van der Waals surface area contributed by atoms with Crippen LogP contribution in [-0.2, 0) is 13.0 Å². The molecule has 1 heterocycles. The topological polar surface area (TPSA) is 52.6 Å². The maximum Gasteiger partial charge on any atom is 0.190 e. The van der Waals surface area contributed by atoms with Crippen molar-refractivity contribution < 1.29 is 0 Å². The van der Waals surface area contributed by atoms with Crippen LogP contribution in [-0.4, -0.2) is 49.1 Å². The van der Waals surface area contributed by atoms with Crippen LogP contribution >= 0.6 is 35.3 Å². The summed E-state index contributed by atoms with van der Waals surface area (Å²) in [6, 6.07) is 11.1. The number of aliphatic imine (C=N–C) groups is 1. The van der Waals surface area contributed by atoms with Gasteiger partial charge >= 0.3 is 0 Å². The van der Waals surface area contributed by atoms with Crippen LogP contribution in [0.15, 0.2) is 35.3 Å². The minimum absolute atomic E-state index is 0. The van der Waals surface area contributed by atoms with Crippen molar-refractivity contribution in [3.8, 4) is 0 Å². The zero-order valence-corrected chi connectivity index (χ0v) is 20.8. The number of thiazole rings is 1. The molecule has 2 aromatic rings. The standard InChI is InChI=1S/C21H33N5S.HI/c1-16(26(5)15-19-9-7-6-8-10-19)11-13-23-21(22-4)24-14-12-20-25-17(2)18(3)27-20;/h6-10,16H,11-15H2,1-5H3,(H2,22,23,24);1H. The quantitative estimate of drug-likeness (QED) is 0.301. The van der Waals surface area contributed by atoms with Crippen molar-refractivity contribution in [2.45, 2.75) is 46.2 Å². The number of nitrogens with zero attached hydrogens (tertiary/aromatic N) is 3. The molecule has 156 valence electrons. The van der Waals surface area contributed by atoms with Crippen LogP contribution in [0.1, 0.15) is 34.5 Å². The van der Waals surface area contributed by atoms with Gasteiger partial charge in [0.2, 0.25) is 0 Å². The molecular formula is C21H34IN5S. The first kappa shape index (κ1) is 24.8. The Morgan fingerprint density at radius 3 is 2.46 bits per heavy atom. The van der Waals surface area contributed by atoms with Gasteiger partial charge in [0.05, 0.1) is 10.7 Å². The molecule has 0 aliphatic rings. The molecule has 0 fully saturated rings. The van der Waals surface area contributed by atoms with Crippen LogP contribution < -0.4 is 10.6 Å². The number of hydrogen-bond acceptors (Lipinski definition) is 4. The third-order valence-corrected chi connectivity index (χ3v) is 5.94. The fraction of sp³-hybridized carbons (Fsp3) is 0.524. The second kappa shape index (κ2) is 13.1. The number of benzene rings is 1. The molecule has 5 nitrogen and oxygen atoms in total. The van der Waals surface area contributed by atoms with Crippen molar-refractivity contribution in [2.24, 2.45) is 4.99 Å². The SMILES string of the molecule is CN=C(NCCc1nc(C)c(C)s1)NCCC(C)N(C)Cc1ccccc1.I. The summed E-state index contributed by atoms with van der Waals surface area (Å²) in [6.07, 6.45) is 1.99. The number of hydrogen-bond donors (Lipinski definition) is 2. The van der Waals surface area contributed by atoms with Crippen molar-refractivity contribution in [1.82, 2.24) is 20.5 Å². The van der Waals surface area contributed by atoms with Crippen LogP contribution in [0.5, 0.6) is 0 Å². The average Bonchev–Trinajstić information content (AvgIpc) is 2.98. The van der Waals surface area contributed by atoms with E-state index in [1.165, 1.54) is 15.4 Å². The Morgan fingerprint density at radius 2 is 1.86 bits per heavy atom. The minimum atomic E-state index is 0. The maximum atomic E-state index is 4.58. The fourth-order valence-corrected chi connectivity index (χ4v) is 3.74. The Kier molecular flexibility index (Phi) is 11.6. The van der Waals surface area contributed by atoms with E-state index in [0.717, 1.165) is 44.1 Å². The van der Waals surface area contributed by atoms with Gasteiger partial charge in [-0.05, 0) is 39.8 Å². The van der Waals surface area contributed by atoms with Crippen LogP contribution in [0.4, 0.5) is 0 Å². The molecule has 0 spiro atoms. The summed E-state index contributed by atoms with van der Waals surface area (Å²) in [5, 5.41) is 7.98. The van der Waals surface area contributed by atoms with Crippen LogP contribution in [0, 0.1) is 13.8 Å². The van der Waals surface area contributed by atoms with E-state index in [0.29, 0.717) is 6.04 Å². The van der Waals surface area contributed by atoms with Gasteiger partial charge < -0.3 is 10.6 Å². The fourth-order valence-electron chi connectivity index (χ4n) is 2.80. The Labute approximate surface area is 191 Å². The van der Waals surface area contributed by atoms with Gasteiger partial charge in [-0.3, -0.25) is 9.89 Å². The molecule has 0 aliphatic heterocycles. The lowest BCUT2D eigenvalue weighted by Crippen LogP contribution is -2.40. The van der Waals surface area contributed by atoms with Gasteiger partial charge in [-0.2, -0.15) is 0 Å². The second-order valence-electron chi connectivity index (χ2n) is 6.96. The highest BCUT2D eigenvalue weighted by atomic mass is 127. The molecule has 1 aromatic carbocycles. The van der Waals surface area contributed by atoms with Crippen molar-refractivity contribution in [3.05, 3.63) is 51.5 Å². The van der Waals surface area contributed by atoms with E-state index in [9.17, 15) is 0 Å². The number of guanidine groups is 1. The molecule has 2 N–H and O–H groups in total. The van der Waals surface area contributed by atoms with Gasteiger partial charge in [-0.15, -0.1) is 35.3 Å². The van der Waals surface area contributed by atoms with E-state index < -0.39 is 0 Å². The summed E-state index contributed by atoms with van der Waals surface area (Å²) in [4.78, 5) is 12.6. The normalized spacial score (nSPS) is 12.6. The highest BCUT2D eigenvalue weighted by molar-refractivity contribution is 14.0. The molecule has 0 amide bonds. The van der Waals surface area contributed by atoms with Crippen molar-refractivity contribution in [3.63, 3.8) is 0 Å². The third-order valence-electron chi connectivity index (χ3n) is 4.81. The summed E-state index contributed by atoms with van der Waals surface area (Å²) >= 11 is 1.78. The molecule has 1 atom stereocenters. The number of aromatic nitrogens is 1. The Balaban J connectivity index is 0.00000392. The predicted octanol–water partition coefficient (Wildman–Crippen LogP) is 4.00. The summed E-state index contributed by atoms with van der Waals surface area (Å²) in [5.41, 5.74) is 2.50. The average molecular weight is 516 g/mol. The summed E-state index contributed by atoms with van der Waals surface area (Å²) in [6.45, 7) is 9.18. The van der Waals surface area contributed by atoms with E-state index >= 15 is 0 Å². The van der Waals surface area contributed by atoms with E-state index in [-0.39, 0.29) is 24.0 Å². The van der Waals surface area contributed by atoms with Gasteiger partial charge in [-0.1, -0.05) is 30.3 Å². The number of halogens is 1. The van der Waals surface area contributed by atoms with Crippen molar-refractivity contribution in [2.75, 3.05) is 27.2 Å². The second-order valence-corrected chi connectivity index (χ2v) is 8.25. The first-order valence-corrected chi connectivity index (χ1v) is 10.4. The highest BCUT2D eigenvalue weighted by Gasteiger charge is 2.10. The first-order valence-electron chi connectivity index (χ1n) is 9.61. The molecule has 0 aliphatic carbocycles. The lowest BCUT2D eigenvalue weighted by molar-refractivity contribution is 0.238. The summed E-state index contributed by atoms with van der Waals surface area (Å²) in [5.74, 6) is 0.859. The third kappa shape index (κ3) is 8.45.